The lowest BCUT2D eigenvalue weighted by atomic mass is 9.96. The predicted octanol–water partition coefficient (Wildman–Crippen LogP) is 2.02. The van der Waals surface area contributed by atoms with Crippen LogP contribution in [0.4, 0.5) is 5.82 Å². The minimum absolute atomic E-state index is 0.0448. The van der Waals surface area contributed by atoms with Crippen molar-refractivity contribution in [2.75, 3.05) is 37.6 Å². The predicted molar refractivity (Wildman–Crippen MR) is 122 cm³/mol. The van der Waals surface area contributed by atoms with E-state index in [1.165, 1.54) is 12.5 Å². The second kappa shape index (κ2) is 10.1. The van der Waals surface area contributed by atoms with Gasteiger partial charge in [-0.05, 0) is 44.7 Å². The maximum Gasteiger partial charge on any atom is 0.241 e. The summed E-state index contributed by atoms with van der Waals surface area (Å²) in [7, 11) is 0. The third-order valence-corrected chi connectivity index (χ3v) is 6.36. The lowest BCUT2D eigenvalue weighted by Gasteiger charge is -2.34. The van der Waals surface area contributed by atoms with Crippen LogP contribution >= 0.6 is 0 Å². The van der Waals surface area contributed by atoms with Crippen molar-refractivity contribution in [1.82, 2.24) is 25.2 Å². The van der Waals surface area contributed by atoms with Crippen molar-refractivity contribution in [2.24, 2.45) is 0 Å². The lowest BCUT2D eigenvalue weighted by Crippen LogP contribution is -2.44. The number of carbonyl (C=O) groups is 2. The fraction of sp³-hybridized carbons (Fsp3) is 0.542. The zero-order valence-electron chi connectivity index (χ0n) is 19.0. The molecule has 8 nitrogen and oxygen atoms in total. The molecule has 2 aliphatic rings. The van der Waals surface area contributed by atoms with Crippen molar-refractivity contribution in [3.05, 3.63) is 47.2 Å². The highest BCUT2D eigenvalue weighted by Crippen LogP contribution is 2.31. The van der Waals surface area contributed by atoms with Crippen LogP contribution in [0.1, 0.15) is 54.9 Å². The Morgan fingerprint density at radius 2 is 2.06 bits per heavy atom. The molecule has 1 fully saturated rings. The van der Waals surface area contributed by atoms with Crippen molar-refractivity contribution in [3.63, 3.8) is 0 Å². The molecular formula is C24H32N6O2. The van der Waals surface area contributed by atoms with Crippen molar-refractivity contribution in [2.45, 2.75) is 51.9 Å². The summed E-state index contributed by atoms with van der Waals surface area (Å²) in [5.41, 5.74) is 3.39. The largest absolute Gasteiger partial charge is 0.356 e. The van der Waals surface area contributed by atoms with Crippen LogP contribution in [-0.2, 0) is 22.4 Å². The maximum atomic E-state index is 12.5. The van der Waals surface area contributed by atoms with E-state index in [1.807, 2.05) is 23.2 Å². The lowest BCUT2D eigenvalue weighted by molar-refractivity contribution is -0.133. The number of carbonyl (C=O) groups excluding carboxylic acids is 2. The molecule has 170 valence electrons. The number of hydrogen-bond donors (Lipinski definition) is 1. The van der Waals surface area contributed by atoms with Gasteiger partial charge in [-0.3, -0.25) is 14.6 Å². The molecule has 4 rings (SSSR count). The van der Waals surface area contributed by atoms with Gasteiger partial charge in [0.15, 0.2) is 0 Å². The molecule has 4 heterocycles. The number of nitrogens with zero attached hydrogens (tertiary/aromatic N) is 5. The molecule has 1 saturated heterocycles. The van der Waals surface area contributed by atoms with Crippen LogP contribution in [0.2, 0.25) is 0 Å². The molecule has 1 unspecified atom stereocenters. The van der Waals surface area contributed by atoms with Crippen LogP contribution in [0, 0.1) is 6.92 Å². The van der Waals surface area contributed by atoms with Crippen molar-refractivity contribution < 1.29 is 9.59 Å². The summed E-state index contributed by atoms with van der Waals surface area (Å²) in [5, 5.41) is 2.61. The number of nitrogens with one attached hydrogen (secondary N) is 1. The molecule has 2 aromatic rings. The average molecular weight is 437 g/mol. The fourth-order valence-corrected chi connectivity index (χ4v) is 4.63. The number of likely N-dealkylation sites (tertiary alicyclic amines) is 1. The Bertz CT molecular complexity index is 964. The monoisotopic (exact) mass is 436 g/mol. The number of fused-ring (bicyclic) bond motifs is 1. The summed E-state index contributed by atoms with van der Waals surface area (Å²) >= 11 is 0. The van der Waals surface area contributed by atoms with Crippen molar-refractivity contribution in [1.29, 1.82) is 0 Å². The van der Waals surface area contributed by atoms with Gasteiger partial charge in [0.1, 0.15) is 11.6 Å². The molecule has 0 aliphatic carbocycles. The van der Waals surface area contributed by atoms with Crippen molar-refractivity contribution in [3.8, 4) is 0 Å². The van der Waals surface area contributed by atoms with Gasteiger partial charge in [0.2, 0.25) is 11.8 Å². The third-order valence-electron chi connectivity index (χ3n) is 6.36. The summed E-state index contributed by atoms with van der Waals surface area (Å²) in [6.45, 7) is 6.74. The molecule has 1 atom stereocenters. The number of anilines is 1. The molecule has 0 radical (unpaired) electrons. The number of pyridine rings is 1. The van der Waals surface area contributed by atoms with Crippen LogP contribution in [-0.4, -0.2) is 64.4 Å². The Balaban J connectivity index is 1.49. The third kappa shape index (κ3) is 5.23. The van der Waals surface area contributed by atoms with Gasteiger partial charge in [-0.2, -0.15) is 0 Å². The Morgan fingerprint density at radius 3 is 2.84 bits per heavy atom. The van der Waals surface area contributed by atoms with Gasteiger partial charge in [0, 0.05) is 68.6 Å². The number of aromatic nitrogens is 3. The van der Waals surface area contributed by atoms with E-state index in [0.29, 0.717) is 6.54 Å². The zero-order chi connectivity index (χ0) is 22.5. The van der Waals surface area contributed by atoms with Gasteiger partial charge in [0.25, 0.3) is 0 Å². The van der Waals surface area contributed by atoms with Gasteiger partial charge in [-0.1, -0.05) is 6.07 Å². The number of piperidine rings is 1. The van der Waals surface area contributed by atoms with Gasteiger partial charge in [-0.15, -0.1) is 0 Å². The smallest absolute Gasteiger partial charge is 0.241 e. The summed E-state index contributed by atoms with van der Waals surface area (Å²) < 4.78 is 0. The SMILES string of the molecule is CC(=O)NCC(=O)N1CCCC(c2nc(C)c3c(n2)N(CCc2ccccn2)CCC3)C1. The highest BCUT2D eigenvalue weighted by atomic mass is 16.2. The summed E-state index contributed by atoms with van der Waals surface area (Å²) in [5.74, 6) is 1.77. The minimum Gasteiger partial charge on any atom is -0.356 e. The molecule has 2 aromatic heterocycles. The van der Waals surface area contributed by atoms with Crippen LogP contribution in [0.15, 0.2) is 24.4 Å². The Kier molecular flexibility index (Phi) is 6.97. The van der Waals surface area contributed by atoms with Gasteiger partial charge in [0.05, 0.1) is 6.54 Å². The van der Waals surface area contributed by atoms with Gasteiger partial charge in [-0.25, -0.2) is 9.97 Å². The topological polar surface area (TPSA) is 91.3 Å². The molecule has 2 amide bonds. The van der Waals surface area contributed by atoms with Crippen LogP contribution in [0.5, 0.6) is 0 Å². The fourth-order valence-electron chi connectivity index (χ4n) is 4.63. The molecule has 1 N–H and O–H groups in total. The van der Waals surface area contributed by atoms with E-state index in [9.17, 15) is 9.59 Å². The molecule has 0 bridgehead atoms. The highest BCUT2D eigenvalue weighted by molar-refractivity contribution is 5.83. The number of hydrogen-bond acceptors (Lipinski definition) is 6. The first-order chi connectivity index (χ1) is 15.5. The van der Waals surface area contributed by atoms with E-state index >= 15 is 0 Å². The summed E-state index contributed by atoms with van der Waals surface area (Å²) in [6, 6.07) is 6.03. The van der Waals surface area contributed by atoms with Crippen LogP contribution in [0.3, 0.4) is 0 Å². The molecule has 32 heavy (non-hydrogen) atoms. The second-order valence-electron chi connectivity index (χ2n) is 8.72. The Hall–Kier alpha value is -3.03. The van der Waals surface area contributed by atoms with E-state index < -0.39 is 0 Å². The van der Waals surface area contributed by atoms with E-state index in [1.54, 1.807) is 0 Å². The van der Waals surface area contributed by atoms with Crippen molar-refractivity contribution >= 4 is 17.6 Å². The molecule has 0 spiro atoms. The first-order valence-corrected chi connectivity index (χ1v) is 11.6. The number of rotatable bonds is 6. The standard InChI is InChI=1S/C24H32N6O2/c1-17-21-9-6-12-29(14-10-20-8-3-4-11-25-20)24(21)28-23(27-17)19-7-5-13-30(16-19)22(32)15-26-18(2)31/h3-4,8,11,19H,5-7,9-10,12-16H2,1-2H3,(H,26,31). The second-order valence-corrected chi connectivity index (χ2v) is 8.72. The van der Waals surface area contributed by atoms with E-state index in [-0.39, 0.29) is 24.3 Å². The first kappa shape index (κ1) is 22.2. The highest BCUT2D eigenvalue weighted by Gasteiger charge is 2.29. The average Bonchev–Trinajstić information content (AvgIpc) is 2.82. The van der Waals surface area contributed by atoms with E-state index in [2.05, 4.69) is 28.2 Å². The first-order valence-electron chi connectivity index (χ1n) is 11.6. The zero-order valence-corrected chi connectivity index (χ0v) is 19.0. The van der Waals surface area contributed by atoms with Crippen LogP contribution in [0.25, 0.3) is 0 Å². The van der Waals surface area contributed by atoms with E-state index in [0.717, 1.165) is 74.8 Å². The molecular weight excluding hydrogens is 404 g/mol. The molecule has 0 aromatic carbocycles. The normalized spacial score (nSPS) is 18.2. The number of aryl methyl sites for hydroxylation is 1. The summed E-state index contributed by atoms with van der Waals surface area (Å²) in [6.07, 6.45) is 6.72. The summed E-state index contributed by atoms with van der Waals surface area (Å²) in [4.78, 5) is 42.2. The van der Waals surface area contributed by atoms with Gasteiger partial charge >= 0.3 is 0 Å². The quantitative estimate of drug-likeness (QED) is 0.745. The molecule has 8 heteroatoms. The van der Waals surface area contributed by atoms with Crippen LogP contribution < -0.4 is 10.2 Å². The van der Waals surface area contributed by atoms with E-state index in [4.69, 9.17) is 9.97 Å². The Morgan fingerprint density at radius 1 is 1.19 bits per heavy atom. The maximum absolute atomic E-state index is 12.5. The molecule has 2 aliphatic heterocycles. The van der Waals surface area contributed by atoms with Gasteiger partial charge < -0.3 is 15.1 Å². The number of amides is 2. The minimum atomic E-state index is -0.189. The molecule has 0 saturated carbocycles. The Labute approximate surface area is 189 Å².